The Bertz CT molecular complexity index is 724. The smallest absolute Gasteiger partial charge is 0.367 e. The molecule has 0 spiro atoms. The molecule has 1 heterocycles. The topological polar surface area (TPSA) is 35.6 Å². The molecule has 4 nitrogen and oxygen atoms in total. The van der Waals surface area contributed by atoms with E-state index in [0.717, 1.165) is 76.4 Å². The first kappa shape index (κ1) is 23.8. The van der Waals surface area contributed by atoms with Gasteiger partial charge in [-0.3, -0.25) is 9.69 Å². The second-order valence-electron chi connectivity index (χ2n) is 8.82. The van der Waals surface area contributed by atoms with Crippen LogP contribution in [0.15, 0.2) is 18.2 Å². The van der Waals surface area contributed by atoms with Crippen molar-refractivity contribution in [3.63, 3.8) is 0 Å². The summed E-state index contributed by atoms with van der Waals surface area (Å²) in [5.41, 5.74) is -0.772. The van der Waals surface area contributed by atoms with Crippen LogP contribution in [-0.4, -0.2) is 49.6 Å². The lowest BCUT2D eigenvalue weighted by Gasteiger charge is -2.37. The molecule has 2 aliphatic rings. The second-order valence-corrected chi connectivity index (χ2v) is 8.82. The maximum atomic E-state index is 14.1. The molecule has 2 fully saturated rings. The number of nitrogens with zero attached hydrogens (tertiary/aromatic N) is 2. The van der Waals surface area contributed by atoms with Crippen LogP contribution in [0, 0.1) is 11.7 Å². The number of hydrogen-bond acceptors (Lipinski definition) is 3. The van der Waals surface area contributed by atoms with Gasteiger partial charge in [-0.1, -0.05) is 6.92 Å². The number of nitrogens with one attached hydrogen (secondary N) is 1. The molecule has 0 bridgehead atoms. The number of alkyl halides is 3. The highest BCUT2D eigenvalue weighted by Gasteiger charge is 2.32. The Labute approximate surface area is 182 Å². The number of hydrogen-bond donors (Lipinski definition) is 1. The lowest BCUT2D eigenvalue weighted by atomic mass is 9.84. The minimum absolute atomic E-state index is 0.0397. The van der Waals surface area contributed by atoms with E-state index in [9.17, 15) is 22.4 Å². The molecule has 1 aliphatic carbocycles. The Morgan fingerprint density at radius 1 is 1.10 bits per heavy atom. The highest BCUT2D eigenvalue weighted by Crippen LogP contribution is 2.33. The number of piperazine rings is 1. The number of halogens is 4. The van der Waals surface area contributed by atoms with E-state index in [1.165, 1.54) is 0 Å². The summed E-state index contributed by atoms with van der Waals surface area (Å²) in [7, 11) is 0. The lowest BCUT2D eigenvalue weighted by molar-refractivity contribution is -0.137. The van der Waals surface area contributed by atoms with E-state index in [4.69, 9.17) is 0 Å². The summed E-state index contributed by atoms with van der Waals surface area (Å²) < 4.78 is 53.0. The molecule has 3 rings (SSSR count). The molecule has 1 aliphatic heterocycles. The van der Waals surface area contributed by atoms with Gasteiger partial charge in [-0.15, -0.1) is 0 Å². The standard InChI is InChI=1S/C23H33F4N3O/c1-2-3-22(31)28-19-7-4-17(5-8-19)10-11-29-12-14-30(15-13-29)21-16-18(23(25,26)27)6-9-20(21)24/h6,9,16-17,19H,2-5,7-8,10-15H2,1H3,(H,28,31). The van der Waals surface area contributed by atoms with E-state index in [0.29, 0.717) is 31.5 Å². The third-order valence-corrected chi connectivity index (χ3v) is 6.53. The quantitative estimate of drug-likeness (QED) is 0.613. The van der Waals surface area contributed by atoms with Gasteiger partial charge in [0.1, 0.15) is 5.82 Å². The largest absolute Gasteiger partial charge is 0.416 e. The Balaban J connectivity index is 1.40. The lowest BCUT2D eigenvalue weighted by Crippen LogP contribution is -2.47. The van der Waals surface area contributed by atoms with Crippen LogP contribution in [0.2, 0.25) is 0 Å². The first-order valence-corrected chi connectivity index (χ1v) is 11.4. The van der Waals surface area contributed by atoms with E-state index in [1.54, 1.807) is 4.90 Å². The van der Waals surface area contributed by atoms with Crippen molar-refractivity contribution in [3.8, 4) is 0 Å². The molecule has 0 radical (unpaired) electrons. The number of amides is 1. The third kappa shape index (κ3) is 6.82. The molecule has 0 atom stereocenters. The van der Waals surface area contributed by atoms with Gasteiger partial charge in [0, 0.05) is 38.6 Å². The fourth-order valence-electron chi connectivity index (χ4n) is 4.63. The number of carbonyl (C=O) groups excluding carboxylic acids is 1. The van der Waals surface area contributed by atoms with Crippen molar-refractivity contribution >= 4 is 11.6 Å². The zero-order valence-corrected chi connectivity index (χ0v) is 18.2. The normalized spacial score (nSPS) is 23.1. The summed E-state index contributed by atoms with van der Waals surface area (Å²) in [5, 5.41) is 3.13. The maximum Gasteiger partial charge on any atom is 0.416 e. The predicted molar refractivity (Wildman–Crippen MR) is 113 cm³/mol. The van der Waals surface area contributed by atoms with Gasteiger partial charge in [0.2, 0.25) is 5.91 Å². The summed E-state index contributed by atoms with van der Waals surface area (Å²) in [6.45, 7) is 5.45. The average Bonchev–Trinajstić information content (AvgIpc) is 2.73. The molecular formula is C23H33F4N3O. The molecule has 1 saturated carbocycles. The van der Waals surface area contributed by atoms with Crippen LogP contribution < -0.4 is 10.2 Å². The Morgan fingerprint density at radius 2 is 1.77 bits per heavy atom. The zero-order chi connectivity index (χ0) is 22.4. The highest BCUT2D eigenvalue weighted by atomic mass is 19.4. The van der Waals surface area contributed by atoms with Crippen LogP contribution >= 0.6 is 0 Å². The van der Waals surface area contributed by atoms with Crippen LogP contribution in [0.5, 0.6) is 0 Å². The molecule has 0 aromatic heterocycles. The van der Waals surface area contributed by atoms with Gasteiger partial charge in [0.25, 0.3) is 0 Å². The molecule has 31 heavy (non-hydrogen) atoms. The van der Waals surface area contributed by atoms with Crippen LogP contribution in [-0.2, 0) is 11.0 Å². The summed E-state index contributed by atoms with van der Waals surface area (Å²) in [6, 6.07) is 2.93. The van der Waals surface area contributed by atoms with Crippen LogP contribution in [0.4, 0.5) is 23.2 Å². The van der Waals surface area contributed by atoms with Gasteiger partial charge in [0.05, 0.1) is 11.3 Å². The van der Waals surface area contributed by atoms with Crippen LogP contribution in [0.1, 0.15) is 57.4 Å². The van der Waals surface area contributed by atoms with Crippen molar-refractivity contribution in [1.29, 1.82) is 0 Å². The second kappa shape index (κ2) is 10.7. The van der Waals surface area contributed by atoms with Gasteiger partial charge in [-0.05, 0) is 69.2 Å². The zero-order valence-electron chi connectivity index (χ0n) is 18.2. The Hall–Kier alpha value is -1.83. The minimum Gasteiger partial charge on any atom is -0.367 e. The van der Waals surface area contributed by atoms with Gasteiger partial charge >= 0.3 is 6.18 Å². The van der Waals surface area contributed by atoms with Gasteiger partial charge < -0.3 is 10.2 Å². The number of carbonyl (C=O) groups is 1. The first-order chi connectivity index (χ1) is 14.8. The number of benzene rings is 1. The third-order valence-electron chi connectivity index (χ3n) is 6.53. The maximum absolute atomic E-state index is 14.1. The molecule has 174 valence electrons. The molecule has 0 unspecified atom stereocenters. The van der Waals surface area contributed by atoms with Crippen molar-refractivity contribution in [1.82, 2.24) is 10.2 Å². The average molecular weight is 444 g/mol. The van der Waals surface area contributed by atoms with E-state index in [1.807, 2.05) is 6.92 Å². The molecule has 1 aromatic carbocycles. The van der Waals surface area contributed by atoms with Gasteiger partial charge in [-0.2, -0.15) is 13.2 Å². The van der Waals surface area contributed by atoms with E-state index < -0.39 is 17.6 Å². The van der Waals surface area contributed by atoms with E-state index in [-0.39, 0.29) is 11.6 Å². The molecular weight excluding hydrogens is 410 g/mol. The van der Waals surface area contributed by atoms with Gasteiger partial charge in [-0.25, -0.2) is 4.39 Å². The van der Waals surface area contributed by atoms with Crippen molar-refractivity contribution in [2.24, 2.45) is 5.92 Å². The molecule has 1 aromatic rings. The Morgan fingerprint density at radius 3 is 2.39 bits per heavy atom. The monoisotopic (exact) mass is 443 g/mol. The molecule has 1 N–H and O–H groups in total. The van der Waals surface area contributed by atoms with E-state index in [2.05, 4.69) is 10.2 Å². The van der Waals surface area contributed by atoms with Crippen LogP contribution in [0.25, 0.3) is 0 Å². The van der Waals surface area contributed by atoms with E-state index >= 15 is 0 Å². The first-order valence-electron chi connectivity index (χ1n) is 11.4. The van der Waals surface area contributed by atoms with Crippen molar-refractivity contribution in [3.05, 3.63) is 29.6 Å². The summed E-state index contributed by atoms with van der Waals surface area (Å²) in [6.07, 6.45) is 2.38. The fourth-order valence-corrected chi connectivity index (χ4v) is 4.63. The Kier molecular flexibility index (Phi) is 8.19. The fraction of sp³-hybridized carbons (Fsp3) is 0.696. The van der Waals surface area contributed by atoms with Crippen molar-refractivity contribution < 1.29 is 22.4 Å². The SMILES string of the molecule is CCCC(=O)NC1CCC(CCN2CCN(c3cc(C(F)(F)F)ccc3F)CC2)CC1. The molecule has 1 saturated heterocycles. The van der Waals surface area contributed by atoms with Crippen molar-refractivity contribution in [2.75, 3.05) is 37.6 Å². The summed E-state index contributed by atoms with van der Waals surface area (Å²) in [5.74, 6) is 0.198. The summed E-state index contributed by atoms with van der Waals surface area (Å²) >= 11 is 0. The minimum atomic E-state index is -4.47. The van der Waals surface area contributed by atoms with Crippen molar-refractivity contribution in [2.45, 2.75) is 64.1 Å². The molecule has 1 amide bonds. The van der Waals surface area contributed by atoms with Gasteiger partial charge in [0.15, 0.2) is 0 Å². The molecule has 8 heteroatoms. The summed E-state index contributed by atoms with van der Waals surface area (Å²) in [4.78, 5) is 15.8. The van der Waals surface area contributed by atoms with Crippen LogP contribution in [0.3, 0.4) is 0 Å². The number of anilines is 1. The number of rotatable bonds is 7. The highest BCUT2D eigenvalue weighted by molar-refractivity contribution is 5.76. The predicted octanol–water partition coefficient (Wildman–Crippen LogP) is 4.83.